The molecule has 0 aromatic carbocycles. The zero-order valence-corrected chi connectivity index (χ0v) is 9.49. The van der Waals surface area contributed by atoms with Crippen LogP contribution >= 0.6 is 0 Å². The van der Waals surface area contributed by atoms with E-state index in [0.29, 0.717) is 12.0 Å². The summed E-state index contributed by atoms with van der Waals surface area (Å²) in [5.41, 5.74) is 6.09. The summed E-state index contributed by atoms with van der Waals surface area (Å²) in [6.45, 7) is 2.43. The Labute approximate surface area is 92.3 Å². The first-order valence-corrected chi connectivity index (χ1v) is 6.31. The van der Waals surface area contributed by atoms with Crippen LogP contribution in [-0.2, 0) is 9.47 Å². The zero-order valence-electron chi connectivity index (χ0n) is 9.49. The number of hydrogen-bond donors (Lipinski definition) is 1. The van der Waals surface area contributed by atoms with Crippen molar-refractivity contribution in [2.45, 2.75) is 50.7 Å². The summed E-state index contributed by atoms with van der Waals surface area (Å²) < 4.78 is 11.2. The molecule has 2 aliphatic rings. The van der Waals surface area contributed by atoms with Crippen LogP contribution < -0.4 is 5.73 Å². The van der Waals surface area contributed by atoms with Crippen LogP contribution in [-0.4, -0.2) is 32.0 Å². The van der Waals surface area contributed by atoms with Crippen molar-refractivity contribution in [1.29, 1.82) is 0 Å². The van der Waals surface area contributed by atoms with E-state index in [1.54, 1.807) is 0 Å². The first-order valence-electron chi connectivity index (χ1n) is 6.31. The average molecular weight is 213 g/mol. The van der Waals surface area contributed by atoms with Gasteiger partial charge in [-0.3, -0.25) is 0 Å². The van der Waals surface area contributed by atoms with Crippen LogP contribution in [0, 0.1) is 5.92 Å². The van der Waals surface area contributed by atoms with Crippen LogP contribution in [0.3, 0.4) is 0 Å². The molecule has 0 aromatic rings. The summed E-state index contributed by atoms with van der Waals surface area (Å²) in [5.74, 6) is 0.522. The van der Waals surface area contributed by atoms with Gasteiger partial charge in [0.05, 0.1) is 19.3 Å². The highest BCUT2D eigenvalue weighted by atomic mass is 16.5. The minimum absolute atomic E-state index is 0.175. The second-order valence-electron chi connectivity index (χ2n) is 4.88. The van der Waals surface area contributed by atoms with Crippen molar-refractivity contribution >= 4 is 0 Å². The lowest BCUT2D eigenvalue weighted by atomic mass is 9.97. The van der Waals surface area contributed by atoms with Gasteiger partial charge in [-0.25, -0.2) is 0 Å². The molecule has 0 bridgehead atoms. The van der Waals surface area contributed by atoms with Crippen LogP contribution in [0.15, 0.2) is 0 Å². The summed E-state index contributed by atoms with van der Waals surface area (Å²) >= 11 is 0. The largest absolute Gasteiger partial charge is 0.381 e. The molecule has 0 spiro atoms. The first kappa shape index (κ1) is 11.4. The Morgan fingerprint density at radius 2 is 2.00 bits per heavy atom. The van der Waals surface area contributed by atoms with Gasteiger partial charge < -0.3 is 15.2 Å². The molecule has 15 heavy (non-hydrogen) atoms. The van der Waals surface area contributed by atoms with Gasteiger partial charge >= 0.3 is 0 Å². The molecule has 1 saturated heterocycles. The standard InChI is InChI=1S/C12H23NO2/c13-12(10-6-7-14-8-10)9-15-11-4-2-1-3-5-11/h10-12H,1-9,13H2. The number of ether oxygens (including phenoxy) is 2. The van der Waals surface area contributed by atoms with E-state index in [0.717, 1.165) is 26.2 Å². The average Bonchev–Trinajstić information content (AvgIpc) is 2.81. The summed E-state index contributed by atoms with van der Waals surface area (Å²) in [4.78, 5) is 0. The molecular weight excluding hydrogens is 190 g/mol. The van der Waals surface area contributed by atoms with Crippen LogP contribution in [0.5, 0.6) is 0 Å². The molecule has 0 aromatic heterocycles. The van der Waals surface area contributed by atoms with E-state index in [4.69, 9.17) is 15.2 Å². The zero-order chi connectivity index (χ0) is 10.5. The maximum Gasteiger partial charge on any atom is 0.0624 e. The molecule has 1 heterocycles. The molecule has 2 N–H and O–H groups in total. The third-order valence-electron chi connectivity index (χ3n) is 3.65. The fraction of sp³-hybridized carbons (Fsp3) is 1.00. The highest BCUT2D eigenvalue weighted by Gasteiger charge is 2.24. The van der Waals surface area contributed by atoms with Gasteiger partial charge in [-0.15, -0.1) is 0 Å². The molecule has 2 rings (SSSR count). The highest BCUT2D eigenvalue weighted by Crippen LogP contribution is 2.21. The van der Waals surface area contributed by atoms with Gasteiger partial charge in [0.2, 0.25) is 0 Å². The van der Waals surface area contributed by atoms with Crippen molar-refractivity contribution in [1.82, 2.24) is 0 Å². The predicted octanol–water partition coefficient (Wildman–Crippen LogP) is 1.70. The van der Waals surface area contributed by atoms with E-state index in [2.05, 4.69) is 0 Å². The minimum Gasteiger partial charge on any atom is -0.381 e. The van der Waals surface area contributed by atoms with Crippen molar-refractivity contribution in [3.63, 3.8) is 0 Å². The highest BCUT2D eigenvalue weighted by molar-refractivity contribution is 4.77. The van der Waals surface area contributed by atoms with Crippen LogP contribution in [0.1, 0.15) is 38.5 Å². The molecule has 0 amide bonds. The Bertz CT molecular complexity index is 174. The minimum atomic E-state index is 0.175. The fourth-order valence-corrected chi connectivity index (χ4v) is 2.51. The third kappa shape index (κ3) is 3.44. The molecule has 2 unspecified atom stereocenters. The molecule has 88 valence electrons. The van der Waals surface area contributed by atoms with Gasteiger partial charge in [0.15, 0.2) is 0 Å². The molecule has 0 radical (unpaired) electrons. The van der Waals surface area contributed by atoms with Gasteiger partial charge in [0.1, 0.15) is 0 Å². The second kappa shape index (κ2) is 5.83. The van der Waals surface area contributed by atoms with E-state index in [9.17, 15) is 0 Å². The molecule has 1 aliphatic carbocycles. The first-order chi connectivity index (χ1) is 7.36. The van der Waals surface area contributed by atoms with Crippen LogP contribution in [0.4, 0.5) is 0 Å². The van der Waals surface area contributed by atoms with E-state index < -0.39 is 0 Å². The van der Waals surface area contributed by atoms with Gasteiger partial charge in [0, 0.05) is 18.6 Å². The van der Waals surface area contributed by atoms with Crippen molar-refractivity contribution in [2.75, 3.05) is 19.8 Å². The molecule has 2 atom stereocenters. The lowest BCUT2D eigenvalue weighted by molar-refractivity contribution is 0.0124. The summed E-state index contributed by atoms with van der Waals surface area (Å²) in [6, 6.07) is 0.175. The molecule has 3 heteroatoms. The van der Waals surface area contributed by atoms with E-state index in [1.165, 1.54) is 32.1 Å². The van der Waals surface area contributed by atoms with Crippen molar-refractivity contribution < 1.29 is 9.47 Å². The monoisotopic (exact) mass is 213 g/mol. The molecule has 1 aliphatic heterocycles. The summed E-state index contributed by atoms with van der Waals surface area (Å²) in [6.07, 6.45) is 8.07. The number of rotatable bonds is 4. The lowest BCUT2D eigenvalue weighted by Crippen LogP contribution is -2.36. The van der Waals surface area contributed by atoms with Crippen molar-refractivity contribution in [3.05, 3.63) is 0 Å². The Morgan fingerprint density at radius 3 is 2.67 bits per heavy atom. The predicted molar refractivity (Wildman–Crippen MR) is 59.7 cm³/mol. The Balaban J connectivity index is 1.63. The fourth-order valence-electron chi connectivity index (χ4n) is 2.51. The SMILES string of the molecule is NC(COC1CCCCC1)C1CCOC1. The van der Waals surface area contributed by atoms with Gasteiger partial charge in [0.25, 0.3) is 0 Å². The quantitative estimate of drug-likeness (QED) is 0.773. The summed E-state index contributed by atoms with van der Waals surface area (Å²) in [5, 5.41) is 0. The van der Waals surface area contributed by atoms with Crippen molar-refractivity contribution in [2.24, 2.45) is 11.7 Å². The maximum atomic E-state index is 6.09. The van der Waals surface area contributed by atoms with Crippen LogP contribution in [0.25, 0.3) is 0 Å². The second-order valence-corrected chi connectivity index (χ2v) is 4.88. The smallest absolute Gasteiger partial charge is 0.0624 e. The molecule has 3 nitrogen and oxygen atoms in total. The van der Waals surface area contributed by atoms with E-state index in [-0.39, 0.29) is 6.04 Å². The van der Waals surface area contributed by atoms with Crippen molar-refractivity contribution in [3.8, 4) is 0 Å². The Hall–Kier alpha value is -0.120. The Kier molecular flexibility index (Phi) is 4.42. The molecular formula is C12H23NO2. The number of nitrogens with two attached hydrogens (primary N) is 1. The Morgan fingerprint density at radius 1 is 1.20 bits per heavy atom. The van der Waals surface area contributed by atoms with Gasteiger partial charge in [-0.2, -0.15) is 0 Å². The molecule has 1 saturated carbocycles. The number of hydrogen-bond acceptors (Lipinski definition) is 3. The van der Waals surface area contributed by atoms with Crippen LogP contribution in [0.2, 0.25) is 0 Å². The lowest BCUT2D eigenvalue weighted by Gasteiger charge is -2.25. The topological polar surface area (TPSA) is 44.5 Å². The maximum absolute atomic E-state index is 6.09. The third-order valence-corrected chi connectivity index (χ3v) is 3.65. The van der Waals surface area contributed by atoms with E-state index in [1.807, 2.05) is 0 Å². The van der Waals surface area contributed by atoms with Gasteiger partial charge in [-0.1, -0.05) is 19.3 Å². The summed E-state index contributed by atoms with van der Waals surface area (Å²) in [7, 11) is 0. The molecule has 2 fully saturated rings. The van der Waals surface area contributed by atoms with Gasteiger partial charge in [-0.05, 0) is 19.3 Å². The van der Waals surface area contributed by atoms with E-state index >= 15 is 0 Å². The normalized spacial score (nSPS) is 30.6.